The molecule has 3 amide bonds. The summed E-state index contributed by atoms with van der Waals surface area (Å²) >= 11 is 0. The summed E-state index contributed by atoms with van der Waals surface area (Å²) in [5, 5.41) is 2.93. The third-order valence-electron chi connectivity index (χ3n) is 4.77. The number of para-hydroxylation sites is 1. The SMILES string of the molecule is COc1cccc([C@@H]2NC(=O)N(C)C3=C2C(=O)N(CC(C)C)C3)c1OC. The monoisotopic (exact) mass is 359 g/mol. The van der Waals surface area contributed by atoms with E-state index in [4.69, 9.17) is 9.47 Å². The van der Waals surface area contributed by atoms with Crippen LogP contribution in [0.1, 0.15) is 25.5 Å². The summed E-state index contributed by atoms with van der Waals surface area (Å²) in [4.78, 5) is 28.9. The number of amides is 3. The molecule has 1 atom stereocenters. The van der Waals surface area contributed by atoms with Crippen LogP contribution < -0.4 is 14.8 Å². The van der Waals surface area contributed by atoms with E-state index in [-0.39, 0.29) is 11.9 Å². The van der Waals surface area contributed by atoms with Crippen LogP contribution in [0, 0.1) is 5.92 Å². The fourth-order valence-corrected chi connectivity index (χ4v) is 3.58. The average molecular weight is 359 g/mol. The molecule has 0 aromatic heterocycles. The lowest BCUT2D eigenvalue weighted by Crippen LogP contribution is -2.45. The third-order valence-corrected chi connectivity index (χ3v) is 4.77. The third kappa shape index (κ3) is 2.87. The minimum Gasteiger partial charge on any atom is -0.493 e. The van der Waals surface area contributed by atoms with Crippen molar-refractivity contribution in [2.75, 3.05) is 34.4 Å². The van der Waals surface area contributed by atoms with E-state index in [0.717, 1.165) is 5.70 Å². The van der Waals surface area contributed by atoms with Crippen LogP contribution in [0.4, 0.5) is 4.79 Å². The molecule has 2 heterocycles. The summed E-state index contributed by atoms with van der Waals surface area (Å²) in [6, 6.07) is 4.66. The summed E-state index contributed by atoms with van der Waals surface area (Å²) < 4.78 is 10.9. The molecule has 3 rings (SSSR count). The second-order valence-electron chi connectivity index (χ2n) is 6.96. The van der Waals surface area contributed by atoms with E-state index in [0.29, 0.717) is 41.6 Å². The molecule has 0 aliphatic carbocycles. The van der Waals surface area contributed by atoms with Crippen LogP contribution in [-0.4, -0.2) is 56.1 Å². The van der Waals surface area contributed by atoms with Crippen molar-refractivity contribution >= 4 is 11.9 Å². The molecule has 0 spiro atoms. The van der Waals surface area contributed by atoms with E-state index in [1.165, 1.54) is 4.90 Å². The van der Waals surface area contributed by atoms with E-state index in [2.05, 4.69) is 19.2 Å². The van der Waals surface area contributed by atoms with Gasteiger partial charge >= 0.3 is 6.03 Å². The fourth-order valence-electron chi connectivity index (χ4n) is 3.58. The number of urea groups is 1. The van der Waals surface area contributed by atoms with Crippen LogP contribution in [0.3, 0.4) is 0 Å². The van der Waals surface area contributed by atoms with Gasteiger partial charge < -0.3 is 19.7 Å². The molecule has 1 aromatic rings. The summed E-state index contributed by atoms with van der Waals surface area (Å²) in [5.74, 6) is 1.38. The largest absolute Gasteiger partial charge is 0.493 e. The molecule has 1 N–H and O–H groups in total. The molecular formula is C19H25N3O4. The maximum atomic E-state index is 13.1. The Morgan fingerprint density at radius 1 is 1.23 bits per heavy atom. The zero-order valence-corrected chi connectivity index (χ0v) is 15.8. The second kappa shape index (κ2) is 6.90. The van der Waals surface area contributed by atoms with Gasteiger partial charge in [-0.15, -0.1) is 0 Å². The number of likely N-dealkylation sites (N-methyl/N-ethyl adjacent to an activating group) is 1. The first kappa shape index (κ1) is 18.1. The molecule has 7 heteroatoms. The van der Waals surface area contributed by atoms with Crippen LogP contribution in [-0.2, 0) is 4.79 Å². The number of nitrogens with one attached hydrogen (secondary N) is 1. The number of benzene rings is 1. The van der Waals surface area contributed by atoms with E-state index in [1.807, 2.05) is 12.1 Å². The van der Waals surface area contributed by atoms with Gasteiger partial charge in [-0.25, -0.2) is 4.79 Å². The maximum Gasteiger partial charge on any atom is 0.322 e. The lowest BCUT2D eigenvalue weighted by molar-refractivity contribution is -0.126. The van der Waals surface area contributed by atoms with Gasteiger partial charge in [0.25, 0.3) is 5.91 Å². The van der Waals surface area contributed by atoms with Crippen molar-refractivity contribution in [3.05, 3.63) is 35.0 Å². The number of methoxy groups -OCH3 is 2. The average Bonchev–Trinajstić information content (AvgIpc) is 2.93. The molecule has 0 radical (unpaired) electrons. The van der Waals surface area contributed by atoms with Crippen LogP contribution in [0.25, 0.3) is 0 Å². The molecule has 140 valence electrons. The lowest BCUT2D eigenvalue weighted by atomic mass is 9.94. The highest BCUT2D eigenvalue weighted by Gasteiger charge is 2.43. The minimum absolute atomic E-state index is 0.0459. The molecule has 26 heavy (non-hydrogen) atoms. The van der Waals surface area contributed by atoms with Crippen LogP contribution in [0.2, 0.25) is 0 Å². The Balaban J connectivity index is 2.08. The molecule has 0 saturated carbocycles. The quantitative estimate of drug-likeness (QED) is 0.874. The van der Waals surface area contributed by atoms with Crippen molar-refractivity contribution in [1.82, 2.24) is 15.1 Å². The summed E-state index contributed by atoms with van der Waals surface area (Å²) in [6.07, 6.45) is 0. The van der Waals surface area contributed by atoms with E-state index >= 15 is 0 Å². The standard InChI is InChI=1S/C19H25N3O4/c1-11(2)9-22-10-13-15(18(22)23)16(20-19(24)21(13)3)12-7-6-8-14(25-4)17(12)26-5/h6-8,11,16H,9-10H2,1-5H3,(H,20,24)/t16-/m0/s1. The molecule has 2 aliphatic heterocycles. The summed E-state index contributed by atoms with van der Waals surface area (Å²) in [7, 11) is 4.80. The van der Waals surface area contributed by atoms with Crippen molar-refractivity contribution in [2.24, 2.45) is 5.92 Å². The number of nitrogens with zero attached hydrogens (tertiary/aromatic N) is 2. The summed E-state index contributed by atoms with van der Waals surface area (Å²) in [5.41, 5.74) is 2.05. The number of carbonyl (C=O) groups excluding carboxylic acids is 2. The first-order valence-electron chi connectivity index (χ1n) is 8.66. The lowest BCUT2D eigenvalue weighted by Gasteiger charge is -2.31. The van der Waals surface area contributed by atoms with E-state index in [1.54, 1.807) is 32.2 Å². The van der Waals surface area contributed by atoms with Gasteiger partial charge in [0.15, 0.2) is 11.5 Å². The van der Waals surface area contributed by atoms with Gasteiger partial charge in [0, 0.05) is 19.2 Å². The predicted octanol–water partition coefficient (Wildman–Crippen LogP) is 2.15. The number of ether oxygens (including phenoxy) is 2. The Morgan fingerprint density at radius 2 is 1.96 bits per heavy atom. The number of hydrogen-bond acceptors (Lipinski definition) is 4. The zero-order chi connectivity index (χ0) is 19.0. The Kier molecular flexibility index (Phi) is 4.80. The second-order valence-corrected chi connectivity index (χ2v) is 6.96. The Labute approximate surface area is 153 Å². The molecule has 0 fully saturated rings. The molecule has 1 aromatic carbocycles. The fraction of sp³-hybridized carbons (Fsp3) is 0.474. The summed E-state index contributed by atoms with van der Waals surface area (Å²) in [6.45, 7) is 5.23. The van der Waals surface area contributed by atoms with Gasteiger partial charge in [0.2, 0.25) is 0 Å². The van der Waals surface area contributed by atoms with Crippen LogP contribution in [0.15, 0.2) is 29.5 Å². The highest BCUT2D eigenvalue weighted by molar-refractivity contribution is 6.01. The van der Waals surface area contributed by atoms with Gasteiger partial charge in [-0.05, 0) is 12.0 Å². The smallest absolute Gasteiger partial charge is 0.322 e. The first-order chi connectivity index (χ1) is 12.4. The zero-order valence-electron chi connectivity index (χ0n) is 15.8. The van der Waals surface area contributed by atoms with Crippen molar-refractivity contribution in [1.29, 1.82) is 0 Å². The van der Waals surface area contributed by atoms with E-state index in [9.17, 15) is 9.59 Å². The van der Waals surface area contributed by atoms with E-state index < -0.39 is 6.04 Å². The Hall–Kier alpha value is -2.70. The van der Waals surface area contributed by atoms with Gasteiger partial charge in [0.1, 0.15) is 0 Å². The molecule has 0 unspecified atom stereocenters. The molecule has 7 nitrogen and oxygen atoms in total. The molecule has 0 saturated heterocycles. The maximum absolute atomic E-state index is 13.1. The number of rotatable bonds is 5. The van der Waals surface area contributed by atoms with Crippen molar-refractivity contribution in [3.8, 4) is 11.5 Å². The van der Waals surface area contributed by atoms with Crippen LogP contribution >= 0.6 is 0 Å². The van der Waals surface area contributed by atoms with Crippen molar-refractivity contribution < 1.29 is 19.1 Å². The van der Waals surface area contributed by atoms with Crippen LogP contribution in [0.5, 0.6) is 11.5 Å². The van der Waals surface area contributed by atoms with Gasteiger partial charge in [-0.1, -0.05) is 26.0 Å². The minimum atomic E-state index is -0.566. The van der Waals surface area contributed by atoms with Gasteiger partial charge in [0.05, 0.1) is 38.1 Å². The predicted molar refractivity (Wildman–Crippen MR) is 97.0 cm³/mol. The first-order valence-corrected chi connectivity index (χ1v) is 8.66. The topological polar surface area (TPSA) is 71.1 Å². The number of hydrogen-bond donors (Lipinski definition) is 1. The molecule has 2 aliphatic rings. The Morgan fingerprint density at radius 3 is 2.58 bits per heavy atom. The highest BCUT2D eigenvalue weighted by atomic mass is 16.5. The van der Waals surface area contributed by atoms with Gasteiger partial charge in [-0.3, -0.25) is 9.69 Å². The van der Waals surface area contributed by atoms with Gasteiger partial charge in [-0.2, -0.15) is 0 Å². The molecule has 0 bridgehead atoms. The number of carbonyl (C=O) groups is 2. The van der Waals surface area contributed by atoms with Crippen molar-refractivity contribution in [3.63, 3.8) is 0 Å². The Bertz CT molecular complexity index is 772. The normalized spacial score (nSPS) is 19.8. The highest BCUT2D eigenvalue weighted by Crippen LogP contribution is 2.42. The molecular weight excluding hydrogens is 334 g/mol. The van der Waals surface area contributed by atoms with Crippen molar-refractivity contribution in [2.45, 2.75) is 19.9 Å².